The summed E-state index contributed by atoms with van der Waals surface area (Å²) in [6.45, 7) is 3.51. The SMILES string of the molecule is CCCN1CCN(C(=O)Cn2cccnc2=O)[C@H](Cc2ccccc2-c2ccccc2)C1=O. The van der Waals surface area contributed by atoms with E-state index in [4.69, 9.17) is 0 Å². The summed E-state index contributed by atoms with van der Waals surface area (Å²) < 4.78 is 1.28. The van der Waals surface area contributed by atoms with Gasteiger partial charge < -0.3 is 9.80 Å². The van der Waals surface area contributed by atoms with E-state index in [1.54, 1.807) is 17.2 Å². The van der Waals surface area contributed by atoms with Crippen molar-refractivity contribution in [2.75, 3.05) is 19.6 Å². The van der Waals surface area contributed by atoms with Crippen LogP contribution in [0.15, 0.2) is 77.9 Å². The summed E-state index contributed by atoms with van der Waals surface area (Å²) >= 11 is 0. The van der Waals surface area contributed by atoms with Gasteiger partial charge in [0.1, 0.15) is 12.6 Å². The van der Waals surface area contributed by atoms with Gasteiger partial charge in [-0.3, -0.25) is 14.2 Å². The molecule has 0 aliphatic carbocycles. The topological polar surface area (TPSA) is 75.5 Å². The van der Waals surface area contributed by atoms with E-state index in [0.29, 0.717) is 26.1 Å². The summed E-state index contributed by atoms with van der Waals surface area (Å²) in [7, 11) is 0. The van der Waals surface area contributed by atoms with E-state index in [1.165, 1.54) is 10.8 Å². The second kappa shape index (κ2) is 10.3. The highest BCUT2D eigenvalue weighted by molar-refractivity contribution is 5.89. The van der Waals surface area contributed by atoms with Crippen molar-refractivity contribution in [2.45, 2.75) is 32.4 Å². The largest absolute Gasteiger partial charge is 0.347 e. The highest BCUT2D eigenvalue weighted by atomic mass is 16.2. The molecule has 4 rings (SSSR count). The summed E-state index contributed by atoms with van der Waals surface area (Å²) in [4.78, 5) is 45.9. The molecule has 1 aliphatic rings. The lowest BCUT2D eigenvalue weighted by molar-refractivity contribution is -0.151. The van der Waals surface area contributed by atoms with Crippen LogP contribution in [0, 0.1) is 0 Å². The Labute approximate surface area is 193 Å². The monoisotopic (exact) mass is 444 g/mol. The van der Waals surface area contributed by atoms with E-state index in [1.807, 2.05) is 66.4 Å². The van der Waals surface area contributed by atoms with Crippen molar-refractivity contribution in [3.63, 3.8) is 0 Å². The number of hydrogen-bond acceptors (Lipinski definition) is 4. The van der Waals surface area contributed by atoms with Crippen molar-refractivity contribution in [2.24, 2.45) is 0 Å². The highest BCUT2D eigenvalue weighted by Crippen LogP contribution is 2.27. The standard InChI is InChI=1S/C26H28N4O3/c1-2-14-28-16-17-30(24(31)19-29-15-8-13-27-26(29)33)23(25(28)32)18-21-11-6-7-12-22(21)20-9-4-3-5-10-20/h3-13,15,23H,2,14,16-19H2,1H3/t23-/m1/s1. The van der Waals surface area contributed by atoms with Crippen molar-refractivity contribution < 1.29 is 9.59 Å². The Kier molecular flexibility index (Phi) is 6.98. The van der Waals surface area contributed by atoms with Crippen LogP contribution in [0.3, 0.4) is 0 Å². The Hall–Kier alpha value is -3.74. The molecular formula is C26H28N4O3. The van der Waals surface area contributed by atoms with Crippen molar-refractivity contribution in [1.29, 1.82) is 0 Å². The molecule has 0 saturated carbocycles. The van der Waals surface area contributed by atoms with Crippen molar-refractivity contribution in [3.05, 3.63) is 89.1 Å². The van der Waals surface area contributed by atoms with Gasteiger partial charge in [0.25, 0.3) is 0 Å². The van der Waals surface area contributed by atoms with Gasteiger partial charge >= 0.3 is 5.69 Å². The average Bonchev–Trinajstić information content (AvgIpc) is 2.84. The third kappa shape index (κ3) is 5.03. The quantitative estimate of drug-likeness (QED) is 0.561. The highest BCUT2D eigenvalue weighted by Gasteiger charge is 2.37. The number of aromatic nitrogens is 2. The van der Waals surface area contributed by atoms with Crippen LogP contribution >= 0.6 is 0 Å². The van der Waals surface area contributed by atoms with Gasteiger partial charge in [-0.15, -0.1) is 0 Å². The van der Waals surface area contributed by atoms with E-state index >= 15 is 0 Å². The minimum Gasteiger partial charge on any atom is -0.339 e. The summed E-state index contributed by atoms with van der Waals surface area (Å²) in [5, 5.41) is 0. The first kappa shape index (κ1) is 22.5. The van der Waals surface area contributed by atoms with E-state index in [-0.39, 0.29) is 18.4 Å². The molecule has 1 aromatic heterocycles. The molecule has 7 heteroatoms. The number of benzene rings is 2. The maximum absolute atomic E-state index is 13.5. The molecule has 0 spiro atoms. The van der Waals surface area contributed by atoms with Crippen LogP contribution < -0.4 is 5.69 Å². The fourth-order valence-electron chi connectivity index (χ4n) is 4.38. The number of piperazine rings is 1. The van der Waals surface area contributed by atoms with E-state index < -0.39 is 11.7 Å². The summed E-state index contributed by atoms with van der Waals surface area (Å²) in [5.74, 6) is -0.297. The van der Waals surface area contributed by atoms with Crippen LogP contribution in [0.25, 0.3) is 11.1 Å². The van der Waals surface area contributed by atoms with Gasteiger partial charge in [-0.2, -0.15) is 0 Å². The molecule has 1 aliphatic heterocycles. The third-order valence-corrected chi connectivity index (χ3v) is 6.00. The Bertz CT molecular complexity index is 1180. The molecule has 7 nitrogen and oxygen atoms in total. The molecule has 0 unspecified atom stereocenters. The lowest BCUT2D eigenvalue weighted by Gasteiger charge is -2.41. The number of carbonyl (C=O) groups is 2. The maximum Gasteiger partial charge on any atom is 0.347 e. The Morgan fingerprint density at radius 2 is 1.76 bits per heavy atom. The van der Waals surface area contributed by atoms with Crippen LogP contribution in [-0.4, -0.2) is 56.8 Å². The summed E-state index contributed by atoms with van der Waals surface area (Å²) in [5.41, 5.74) is 2.65. The van der Waals surface area contributed by atoms with Gasteiger partial charge in [-0.25, -0.2) is 9.78 Å². The molecule has 2 aromatic carbocycles. The molecular weight excluding hydrogens is 416 g/mol. The Morgan fingerprint density at radius 3 is 2.52 bits per heavy atom. The molecule has 2 heterocycles. The Balaban J connectivity index is 1.65. The fourth-order valence-corrected chi connectivity index (χ4v) is 4.38. The molecule has 3 aromatic rings. The van der Waals surface area contributed by atoms with E-state index in [2.05, 4.69) is 4.98 Å². The second-order valence-electron chi connectivity index (χ2n) is 8.19. The lowest BCUT2D eigenvalue weighted by atomic mass is 9.93. The van der Waals surface area contributed by atoms with Gasteiger partial charge in [-0.05, 0) is 29.2 Å². The number of nitrogens with zero attached hydrogens (tertiary/aromatic N) is 4. The van der Waals surface area contributed by atoms with Crippen LogP contribution in [0.1, 0.15) is 18.9 Å². The number of rotatable bonds is 7. The van der Waals surface area contributed by atoms with Crippen LogP contribution in [0.2, 0.25) is 0 Å². The minimum absolute atomic E-state index is 0.0437. The first-order chi connectivity index (χ1) is 16.1. The zero-order chi connectivity index (χ0) is 23.2. The molecule has 33 heavy (non-hydrogen) atoms. The van der Waals surface area contributed by atoms with Gasteiger partial charge in [0, 0.05) is 38.4 Å². The molecule has 170 valence electrons. The maximum atomic E-state index is 13.5. The number of hydrogen-bond donors (Lipinski definition) is 0. The van der Waals surface area contributed by atoms with Crippen molar-refractivity contribution >= 4 is 11.8 Å². The van der Waals surface area contributed by atoms with Gasteiger partial charge in [0.05, 0.1) is 0 Å². The molecule has 1 fully saturated rings. The first-order valence-corrected chi connectivity index (χ1v) is 11.3. The van der Waals surface area contributed by atoms with Gasteiger partial charge in [0.15, 0.2) is 0 Å². The third-order valence-electron chi connectivity index (χ3n) is 6.00. The summed E-state index contributed by atoms with van der Waals surface area (Å²) in [6.07, 6.45) is 4.22. The number of amides is 2. The summed E-state index contributed by atoms with van der Waals surface area (Å²) in [6, 6.07) is 19.0. The predicted octanol–water partition coefficient (Wildman–Crippen LogP) is 2.60. The molecule has 2 amide bonds. The van der Waals surface area contributed by atoms with Gasteiger partial charge in [-0.1, -0.05) is 61.5 Å². The smallest absolute Gasteiger partial charge is 0.339 e. The van der Waals surface area contributed by atoms with Crippen LogP contribution in [-0.2, 0) is 22.6 Å². The van der Waals surface area contributed by atoms with E-state index in [9.17, 15) is 14.4 Å². The molecule has 0 bridgehead atoms. The fraction of sp³-hybridized carbons (Fsp3) is 0.308. The molecule has 1 atom stereocenters. The molecule has 1 saturated heterocycles. The zero-order valence-electron chi connectivity index (χ0n) is 18.8. The van der Waals surface area contributed by atoms with Gasteiger partial charge in [0.2, 0.25) is 11.8 Å². The lowest BCUT2D eigenvalue weighted by Crippen LogP contribution is -2.60. The minimum atomic E-state index is -0.616. The van der Waals surface area contributed by atoms with Crippen LogP contribution in [0.5, 0.6) is 0 Å². The normalized spacial score (nSPS) is 16.2. The zero-order valence-corrected chi connectivity index (χ0v) is 18.8. The average molecular weight is 445 g/mol. The van der Waals surface area contributed by atoms with Crippen LogP contribution in [0.4, 0.5) is 0 Å². The van der Waals surface area contributed by atoms with Crippen molar-refractivity contribution in [3.8, 4) is 11.1 Å². The second-order valence-corrected chi connectivity index (χ2v) is 8.19. The van der Waals surface area contributed by atoms with E-state index in [0.717, 1.165) is 23.1 Å². The molecule has 0 radical (unpaired) electrons. The number of carbonyl (C=O) groups excluding carboxylic acids is 2. The first-order valence-electron chi connectivity index (χ1n) is 11.3. The Morgan fingerprint density at radius 1 is 1.00 bits per heavy atom. The molecule has 0 N–H and O–H groups in total. The van der Waals surface area contributed by atoms with Crippen molar-refractivity contribution in [1.82, 2.24) is 19.4 Å². The predicted molar refractivity (Wildman–Crippen MR) is 126 cm³/mol.